The maximum Gasteiger partial charge on any atom is 0.291 e. The summed E-state index contributed by atoms with van der Waals surface area (Å²) in [6, 6.07) is 13.6. The number of hydrogen-bond donors (Lipinski definition) is 2. The van der Waals surface area contributed by atoms with E-state index in [4.69, 9.17) is 16.0 Å². The Balaban J connectivity index is 1.83. The number of rotatable bonds is 5. The van der Waals surface area contributed by atoms with Gasteiger partial charge in [-0.2, -0.15) is 0 Å². The van der Waals surface area contributed by atoms with E-state index in [-0.39, 0.29) is 17.6 Å². The van der Waals surface area contributed by atoms with Crippen LogP contribution >= 0.6 is 11.6 Å². The highest BCUT2D eigenvalue weighted by Crippen LogP contribution is 2.28. The zero-order chi connectivity index (χ0) is 20.3. The predicted octanol–water partition coefficient (Wildman–Crippen LogP) is 4.81. The number of aryl methyl sites for hydroxylation is 1. The third-order valence-electron chi connectivity index (χ3n) is 4.18. The minimum atomic E-state index is -0.379. The zero-order valence-corrected chi connectivity index (χ0v) is 16.5. The summed E-state index contributed by atoms with van der Waals surface area (Å²) in [4.78, 5) is 26.9. The predicted molar refractivity (Wildman–Crippen MR) is 112 cm³/mol. The number of anilines is 3. The number of nitrogens with zero attached hydrogens (tertiary/aromatic N) is 1. The number of carbonyl (C=O) groups excluding carboxylic acids is 2. The summed E-state index contributed by atoms with van der Waals surface area (Å²) in [5.74, 6) is -0.488. The lowest BCUT2D eigenvalue weighted by molar-refractivity contribution is 0.0993. The number of halogens is 1. The van der Waals surface area contributed by atoms with Crippen molar-refractivity contribution in [1.82, 2.24) is 0 Å². The lowest BCUT2D eigenvalue weighted by Gasteiger charge is -2.18. The molecule has 0 spiro atoms. The summed E-state index contributed by atoms with van der Waals surface area (Å²) < 4.78 is 5.10. The molecule has 0 aliphatic heterocycles. The van der Waals surface area contributed by atoms with Gasteiger partial charge in [-0.05, 0) is 55.0 Å². The smallest absolute Gasteiger partial charge is 0.291 e. The first-order chi connectivity index (χ1) is 13.3. The minimum Gasteiger partial charge on any atom is -0.459 e. The number of carbonyl (C=O) groups is 2. The second-order valence-electron chi connectivity index (χ2n) is 6.47. The molecule has 2 aromatic carbocycles. The van der Waals surface area contributed by atoms with Gasteiger partial charge in [0.25, 0.3) is 11.8 Å². The van der Waals surface area contributed by atoms with E-state index in [1.54, 1.807) is 42.5 Å². The van der Waals surface area contributed by atoms with Crippen molar-refractivity contribution in [3.05, 3.63) is 76.7 Å². The van der Waals surface area contributed by atoms with E-state index in [1.165, 1.54) is 6.26 Å². The molecule has 3 aromatic rings. The summed E-state index contributed by atoms with van der Waals surface area (Å²) >= 11 is 6.08. The van der Waals surface area contributed by atoms with Crippen LogP contribution in [0, 0.1) is 6.92 Å². The van der Waals surface area contributed by atoms with E-state index < -0.39 is 0 Å². The first kappa shape index (κ1) is 19.5. The maximum atomic E-state index is 12.8. The Labute approximate surface area is 168 Å². The molecule has 2 N–H and O–H groups in total. The SMILES string of the molecule is Cc1ccc(C(=O)Nc2cc(Cl)ccc2N(C)C)cc1NC(=O)c1ccco1. The average Bonchev–Trinajstić information content (AvgIpc) is 3.18. The van der Waals surface area contributed by atoms with E-state index in [1.807, 2.05) is 32.0 Å². The van der Waals surface area contributed by atoms with Crippen molar-refractivity contribution in [2.45, 2.75) is 6.92 Å². The van der Waals surface area contributed by atoms with Crippen LogP contribution in [0.15, 0.2) is 59.2 Å². The first-order valence-corrected chi connectivity index (χ1v) is 8.96. The van der Waals surface area contributed by atoms with E-state index >= 15 is 0 Å². The van der Waals surface area contributed by atoms with Gasteiger partial charge in [-0.15, -0.1) is 0 Å². The fourth-order valence-electron chi connectivity index (χ4n) is 2.68. The molecule has 1 heterocycles. The van der Waals surface area contributed by atoms with Crippen molar-refractivity contribution < 1.29 is 14.0 Å². The summed E-state index contributed by atoms with van der Waals surface area (Å²) in [5.41, 5.74) is 3.20. The van der Waals surface area contributed by atoms with E-state index in [0.717, 1.165) is 11.3 Å². The Hall–Kier alpha value is -3.25. The normalized spacial score (nSPS) is 10.4. The van der Waals surface area contributed by atoms with Crippen molar-refractivity contribution in [2.75, 3.05) is 29.6 Å². The molecule has 2 amide bonds. The standard InChI is InChI=1S/C21H20ClN3O3/c1-13-6-7-14(11-16(13)23-21(27)19-5-4-10-28-19)20(26)24-17-12-15(22)8-9-18(17)25(2)3/h4-12H,1-3H3,(H,23,27)(H,24,26). The van der Waals surface area contributed by atoms with Gasteiger partial charge < -0.3 is 20.0 Å². The minimum absolute atomic E-state index is 0.198. The largest absolute Gasteiger partial charge is 0.459 e. The molecule has 0 bridgehead atoms. The van der Waals surface area contributed by atoms with Gasteiger partial charge in [-0.3, -0.25) is 9.59 Å². The Bertz CT molecular complexity index is 1010. The van der Waals surface area contributed by atoms with Crippen molar-refractivity contribution in [1.29, 1.82) is 0 Å². The molecule has 0 aliphatic carbocycles. The molecule has 0 radical (unpaired) electrons. The van der Waals surface area contributed by atoms with Crippen LogP contribution in [-0.4, -0.2) is 25.9 Å². The molecule has 1 aromatic heterocycles. The summed E-state index contributed by atoms with van der Waals surface area (Å²) in [5, 5.41) is 6.17. The van der Waals surface area contributed by atoms with E-state index in [0.29, 0.717) is 22.0 Å². The lowest BCUT2D eigenvalue weighted by Crippen LogP contribution is -2.17. The highest BCUT2D eigenvalue weighted by atomic mass is 35.5. The summed E-state index contributed by atoms with van der Waals surface area (Å²) in [6.45, 7) is 1.85. The number of nitrogens with one attached hydrogen (secondary N) is 2. The third kappa shape index (κ3) is 4.35. The summed E-state index contributed by atoms with van der Waals surface area (Å²) in [6.07, 6.45) is 1.43. The van der Waals surface area contributed by atoms with Crippen LogP contribution in [-0.2, 0) is 0 Å². The van der Waals surface area contributed by atoms with Gasteiger partial charge in [0.2, 0.25) is 0 Å². The van der Waals surface area contributed by atoms with E-state index in [9.17, 15) is 9.59 Å². The van der Waals surface area contributed by atoms with Gasteiger partial charge in [-0.25, -0.2) is 0 Å². The molecule has 144 valence electrons. The molecule has 0 atom stereocenters. The Morgan fingerprint density at radius 3 is 2.39 bits per heavy atom. The van der Waals surface area contributed by atoms with Crippen molar-refractivity contribution in [2.24, 2.45) is 0 Å². The van der Waals surface area contributed by atoms with Crippen LogP contribution in [0.5, 0.6) is 0 Å². The fourth-order valence-corrected chi connectivity index (χ4v) is 2.85. The van der Waals surface area contributed by atoms with Crippen LogP contribution in [0.3, 0.4) is 0 Å². The van der Waals surface area contributed by atoms with Crippen molar-refractivity contribution in [3.8, 4) is 0 Å². The summed E-state index contributed by atoms with van der Waals surface area (Å²) in [7, 11) is 3.76. The second kappa shape index (κ2) is 8.19. The molecular formula is C21H20ClN3O3. The molecular weight excluding hydrogens is 378 g/mol. The Morgan fingerprint density at radius 2 is 1.71 bits per heavy atom. The van der Waals surface area contributed by atoms with Gasteiger partial charge in [0.05, 0.1) is 17.6 Å². The third-order valence-corrected chi connectivity index (χ3v) is 4.42. The van der Waals surface area contributed by atoms with Gasteiger partial charge in [0, 0.05) is 30.4 Å². The van der Waals surface area contributed by atoms with Gasteiger partial charge in [-0.1, -0.05) is 17.7 Å². The molecule has 28 heavy (non-hydrogen) atoms. The quantitative estimate of drug-likeness (QED) is 0.647. The number of hydrogen-bond acceptors (Lipinski definition) is 4. The molecule has 0 fully saturated rings. The molecule has 0 unspecified atom stereocenters. The number of furan rings is 1. The second-order valence-corrected chi connectivity index (χ2v) is 6.91. The van der Waals surface area contributed by atoms with Crippen LogP contribution < -0.4 is 15.5 Å². The monoisotopic (exact) mass is 397 g/mol. The van der Waals surface area contributed by atoms with Crippen LogP contribution in [0.25, 0.3) is 0 Å². The Kier molecular flexibility index (Phi) is 5.70. The number of amides is 2. The molecule has 0 saturated carbocycles. The molecule has 0 saturated heterocycles. The molecule has 0 aliphatic rings. The highest BCUT2D eigenvalue weighted by molar-refractivity contribution is 6.31. The maximum absolute atomic E-state index is 12.8. The molecule has 3 rings (SSSR count). The Morgan fingerprint density at radius 1 is 0.964 bits per heavy atom. The van der Waals surface area contributed by atoms with Crippen LogP contribution in [0.1, 0.15) is 26.5 Å². The first-order valence-electron chi connectivity index (χ1n) is 8.59. The van der Waals surface area contributed by atoms with Crippen molar-refractivity contribution in [3.63, 3.8) is 0 Å². The zero-order valence-electron chi connectivity index (χ0n) is 15.7. The van der Waals surface area contributed by atoms with Crippen molar-refractivity contribution >= 4 is 40.5 Å². The van der Waals surface area contributed by atoms with E-state index in [2.05, 4.69) is 10.6 Å². The van der Waals surface area contributed by atoms with Gasteiger partial charge >= 0.3 is 0 Å². The van der Waals surface area contributed by atoms with Crippen LogP contribution in [0.2, 0.25) is 5.02 Å². The highest BCUT2D eigenvalue weighted by Gasteiger charge is 2.15. The number of benzene rings is 2. The van der Waals surface area contributed by atoms with Gasteiger partial charge in [0.1, 0.15) is 0 Å². The van der Waals surface area contributed by atoms with Gasteiger partial charge in [0.15, 0.2) is 5.76 Å². The van der Waals surface area contributed by atoms with Crippen LogP contribution in [0.4, 0.5) is 17.1 Å². The topological polar surface area (TPSA) is 74.6 Å². The molecule has 7 heteroatoms. The lowest BCUT2D eigenvalue weighted by atomic mass is 10.1. The fraction of sp³-hybridized carbons (Fsp3) is 0.143. The molecule has 6 nitrogen and oxygen atoms in total. The average molecular weight is 398 g/mol.